The molecule has 0 spiro atoms. The van der Waals surface area contributed by atoms with Crippen molar-refractivity contribution in [2.75, 3.05) is 11.1 Å². The number of hydrogen-bond acceptors (Lipinski definition) is 4. The van der Waals surface area contributed by atoms with Crippen LogP contribution in [0.4, 0.5) is 19.0 Å². The summed E-state index contributed by atoms with van der Waals surface area (Å²) in [5.41, 5.74) is 4.55. The van der Waals surface area contributed by atoms with E-state index in [-0.39, 0.29) is 0 Å². The van der Waals surface area contributed by atoms with Crippen molar-refractivity contribution in [3.05, 3.63) is 48.2 Å². The predicted molar refractivity (Wildman–Crippen MR) is 144 cm³/mol. The molecule has 5 nitrogen and oxygen atoms in total. The van der Waals surface area contributed by atoms with Gasteiger partial charge in [-0.1, -0.05) is 63.6 Å². The standard InChI is InChI=1S/C26H35N3S.C2HF3O2/c1-3-4-5-9-18-30-23-15-13-21(14-16-23)25-26(27-22-10-7-6-8-11-22)29-19-20(2)12-17-24(29)28-25;3-2(4,5)1(6)7/h12-17,19,22,27H,3-11,18H2,1-2H3;(H,6,7). The highest BCUT2D eigenvalue weighted by Crippen LogP contribution is 2.33. The van der Waals surface area contributed by atoms with Crippen LogP contribution in [-0.2, 0) is 4.79 Å². The van der Waals surface area contributed by atoms with Crippen LogP contribution in [0, 0.1) is 6.92 Å². The lowest BCUT2D eigenvalue weighted by molar-refractivity contribution is -0.192. The van der Waals surface area contributed by atoms with Gasteiger partial charge < -0.3 is 10.4 Å². The Hall–Kier alpha value is -2.68. The number of fused-ring (bicyclic) bond motifs is 1. The first-order valence-electron chi connectivity index (χ1n) is 13.0. The number of hydrogen-bond donors (Lipinski definition) is 2. The van der Waals surface area contributed by atoms with E-state index in [1.165, 1.54) is 79.6 Å². The molecule has 0 atom stereocenters. The molecule has 0 unspecified atom stereocenters. The summed E-state index contributed by atoms with van der Waals surface area (Å²) in [7, 11) is 0. The highest BCUT2D eigenvalue weighted by Gasteiger charge is 2.38. The third-order valence-corrected chi connectivity index (χ3v) is 7.45. The average molecular weight is 536 g/mol. The Labute approximate surface area is 220 Å². The zero-order valence-corrected chi connectivity index (χ0v) is 22.3. The zero-order valence-electron chi connectivity index (χ0n) is 21.5. The van der Waals surface area contributed by atoms with E-state index in [4.69, 9.17) is 14.9 Å². The molecule has 37 heavy (non-hydrogen) atoms. The van der Waals surface area contributed by atoms with Crippen molar-refractivity contribution >= 4 is 29.2 Å². The van der Waals surface area contributed by atoms with Gasteiger partial charge in [-0.15, -0.1) is 11.8 Å². The van der Waals surface area contributed by atoms with Crippen LogP contribution in [0.5, 0.6) is 0 Å². The van der Waals surface area contributed by atoms with Gasteiger partial charge in [0.2, 0.25) is 0 Å². The molecule has 2 N–H and O–H groups in total. The second-order valence-corrected chi connectivity index (χ2v) is 10.6. The smallest absolute Gasteiger partial charge is 0.475 e. The first-order valence-corrected chi connectivity index (χ1v) is 14.0. The Bertz CT molecular complexity index is 1140. The van der Waals surface area contributed by atoms with E-state index in [1.807, 2.05) is 11.8 Å². The molecule has 1 fully saturated rings. The van der Waals surface area contributed by atoms with Crippen LogP contribution >= 0.6 is 11.8 Å². The van der Waals surface area contributed by atoms with Gasteiger partial charge in [0.05, 0.1) is 0 Å². The number of imidazole rings is 1. The van der Waals surface area contributed by atoms with Crippen LogP contribution in [0.15, 0.2) is 47.5 Å². The molecule has 1 saturated carbocycles. The number of anilines is 1. The fraction of sp³-hybridized carbons (Fsp3) is 0.500. The van der Waals surface area contributed by atoms with Crippen LogP contribution in [-0.4, -0.2) is 38.4 Å². The van der Waals surface area contributed by atoms with E-state index in [1.54, 1.807) is 0 Å². The van der Waals surface area contributed by atoms with Crippen molar-refractivity contribution in [1.82, 2.24) is 9.38 Å². The molecule has 0 radical (unpaired) electrons. The number of aliphatic carboxylic acids is 1. The predicted octanol–water partition coefficient (Wildman–Crippen LogP) is 8.36. The number of nitrogens with zero attached hydrogens (tertiary/aromatic N) is 2. The number of halogens is 3. The Kier molecular flexibility index (Phi) is 10.7. The number of carboxylic acids is 1. The Morgan fingerprint density at radius 3 is 2.38 bits per heavy atom. The van der Waals surface area contributed by atoms with Gasteiger partial charge >= 0.3 is 12.1 Å². The first-order chi connectivity index (χ1) is 17.7. The molecule has 1 aliphatic rings. The average Bonchev–Trinajstić information content (AvgIpc) is 3.22. The van der Waals surface area contributed by atoms with Crippen molar-refractivity contribution in [2.24, 2.45) is 0 Å². The maximum atomic E-state index is 10.6. The van der Waals surface area contributed by atoms with Gasteiger partial charge in [0, 0.05) is 22.7 Å². The quantitative estimate of drug-likeness (QED) is 0.213. The number of benzene rings is 1. The zero-order chi connectivity index (χ0) is 26.8. The minimum Gasteiger partial charge on any atom is -0.475 e. The van der Waals surface area contributed by atoms with Gasteiger partial charge in [-0.2, -0.15) is 13.2 Å². The Morgan fingerprint density at radius 2 is 1.76 bits per heavy atom. The topological polar surface area (TPSA) is 66.6 Å². The number of unbranched alkanes of at least 4 members (excludes halogenated alkanes) is 3. The number of aromatic nitrogens is 2. The molecule has 202 valence electrons. The second-order valence-electron chi connectivity index (χ2n) is 9.46. The minimum atomic E-state index is -5.08. The van der Waals surface area contributed by atoms with Crippen LogP contribution < -0.4 is 5.32 Å². The molecule has 1 aliphatic carbocycles. The van der Waals surface area contributed by atoms with Gasteiger partial charge in [0.1, 0.15) is 17.2 Å². The fourth-order valence-electron chi connectivity index (χ4n) is 4.36. The van der Waals surface area contributed by atoms with Crippen molar-refractivity contribution in [1.29, 1.82) is 0 Å². The number of aryl methyl sites for hydroxylation is 1. The number of nitrogens with one attached hydrogen (secondary N) is 1. The van der Waals surface area contributed by atoms with E-state index >= 15 is 0 Å². The van der Waals surface area contributed by atoms with E-state index < -0.39 is 12.1 Å². The van der Waals surface area contributed by atoms with Crippen molar-refractivity contribution < 1.29 is 23.1 Å². The highest BCUT2D eigenvalue weighted by atomic mass is 32.2. The highest BCUT2D eigenvalue weighted by molar-refractivity contribution is 7.99. The van der Waals surface area contributed by atoms with Gasteiger partial charge in [-0.25, -0.2) is 9.78 Å². The third-order valence-electron chi connectivity index (χ3n) is 6.35. The second kappa shape index (κ2) is 13.7. The lowest BCUT2D eigenvalue weighted by atomic mass is 9.95. The summed E-state index contributed by atoms with van der Waals surface area (Å²) in [5, 5.41) is 11.0. The number of carbonyl (C=O) groups is 1. The Morgan fingerprint density at radius 1 is 1.08 bits per heavy atom. The Balaban J connectivity index is 0.000000479. The molecule has 1 aromatic carbocycles. The molecule has 0 bridgehead atoms. The third kappa shape index (κ3) is 8.69. The first kappa shape index (κ1) is 28.9. The number of rotatable bonds is 9. The largest absolute Gasteiger partial charge is 0.490 e. The van der Waals surface area contributed by atoms with E-state index in [0.29, 0.717) is 6.04 Å². The van der Waals surface area contributed by atoms with Gasteiger partial charge in [0.25, 0.3) is 0 Å². The van der Waals surface area contributed by atoms with Gasteiger partial charge in [-0.3, -0.25) is 4.40 Å². The van der Waals surface area contributed by atoms with Crippen LogP contribution in [0.25, 0.3) is 16.9 Å². The number of carboxylic acid groups (broad SMARTS) is 1. The molecule has 4 rings (SSSR count). The summed E-state index contributed by atoms with van der Waals surface area (Å²) in [4.78, 5) is 15.3. The SMILES string of the molecule is CCCCCCSc1ccc(-c2nc3ccc(C)cn3c2NC2CCCCC2)cc1.O=C(O)C(F)(F)F. The summed E-state index contributed by atoms with van der Waals surface area (Å²) in [6, 6.07) is 13.8. The molecular weight excluding hydrogens is 499 g/mol. The summed E-state index contributed by atoms with van der Waals surface area (Å²) in [6.07, 6.45) is 8.96. The molecule has 2 heterocycles. The maximum Gasteiger partial charge on any atom is 0.490 e. The maximum absolute atomic E-state index is 10.6. The lowest BCUT2D eigenvalue weighted by Crippen LogP contribution is -2.23. The lowest BCUT2D eigenvalue weighted by Gasteiger charge is -2.24. The molecular formula is C28H36F3N3O2S. The van der Waals surface area contributed by atoms with E-state index in [2.05, 4.69) is 66.2 Å². The van der Waals surface area contributed by atoms with Crippen molar-refractivity contribution in [3.8, 4) is 11.3 Å². The van der Waals surface area contributed by atoms with Crippen molar-refractivity contribution in [3.63, 3.8) is 0 Å². The molecule has 2 aromatic heterocycles. The molecule has 9 heteroatoms. The number of pyridine rings is 1. The summed E-state index contributed by atoms with van der Waals surface area (Å²) in [6.45, 7) is 4.42. The van der Waals surface area contributed by atoms with Gasteiger partial charge in [-0.05, 0) is 55.7 Å². The minimum absolute atomic E-state index is 0.552. The molecule has 3 aromatic rings. The summed E-state index contributed by atoms with van der Waals surface area (Å²) < 4.78 is 34.0. The van der Waals surface area contributed by atoms with Crippen LogP contribution in [0.1, 0.15) is 70.3 Å². The summed E-state index contributed by atoms with van der Waals surface area (Å²) >= 11 is 1.97. The molecule has 0 amide bonds. The monoisotopic (exact) mass is 535 g/mol. The van der Waals surface area contributed by atoms with Crippen molar-refractivity contribution in [2.45, 2.75) is 88.7 Å². The van der Waals surface area contributed by atoms with Crippen LogP contribution in [0.2, 0.25) is 0 Å². The molecule has 0 aliphatic heterocycles. The van der Waals surface area contributed by atoms with Gasteiger partial charge in [0.15, 0.2) is 0 Å². The molecule has 0 saturated heterocycles. The number of thioether (sulfide) groups is 1. The van der Waals surface area contributed by atoms with E-state index in [0.717, 1.165) is 17.2 Å². The summed E-state index contributed by atoms with van der Waals surface area (Å²) in [5.74, 6) is -0.394. The van der Waals surface area contributed by atoms with E-state index in [9.17, 15) is 13.2 Å². The van der Waals surface area contributed by atoms with Crippen LogP contribution in [0.3, 0.4) is 0 Å². The normalized spacial score (nSPS) is 14.3. The fourth-order valence-corrected chi connectivity index (χ4v) is 5.27. The number of alkyl halides is 3.